The number of hydrogen-bond donors (Lipinski definition) is 2. The van der Waals surface area contributed by atoms with Gasteiger partial charge in [-0.25, -0.2) is 0 Å². The van der Waals surface area contributed by atoms with E-state index in [0.717, 1.165) is 29.2 Å². The topological polar surface area (TPSA) is 33.5 Å². The summed E-state index contributed by atoms with van der Waals surface area (Å²) in [4.78, 5) is 13.4. The number of carbonyl (C=O) groups excluding carboxylic acids is 1. The summed E-state index contributed by atoms with van der Waals surface area (Å²) in [6.07, 6.45) is 2.54. The number of hydrogen-bond acceptors (Lipinski definition) is 1. The molecule has 1 aromatic rings. The lowest BCUT2D eigenvalue weighted by molar-refractivity contribution is -0.900. The van der Waals surface area contributed by atoms with Gasteiger partial charge in [-0.05, 0) is 40.9 Å². The second kappa shape index (κ2) is 6.34. The summed E-state index contributed by atoms with van der Waals surface area (Å²) in [5.41, 5.74) is 0.854. The van der Waals surface area contributed by atoms with Gasteiger partial charge in [0.15, 0.2) is 6.54 Å². The molecule has 1 aliphatic heterocycles. The summed E-state index contributed by atoms with van der Waals surface area (Å²) >= 11 is 3.44. The fraction of sp³-hybridized carbons (Fsp3) is 0.500. The van der Waals surface area contributed by atoms with Gasteiger partial charge in [0.05, 0.1) is 18.8 Å². The Kier molecular flexibility index (Phi) is 4.78. The third-order valence-corrected chi connectivity index (χ3v) is 4.11. The first kappa shape index (κ1) is 13.6. The highest BCUT2D eigenvalue weighted by atomic mass is 79.9. The lowest BCUT2D eigenvalue weighted by atomic mass is 10.0. The number of nitrogens with one attached hydrogen (secondary N) is 2. The quantitative estimate of drug-likeness (QED) is 0.875. The van der Waals surface area contributed by atoms with Crippen LogP contribution in [-0.4, -0.2) is 25.5 Å². The molecule has 0 aliphatic carbocycles. The monoisotopic (exact) mass is 311 g/mol. The zero-order chi connectivity index (χ0) is 13.0. The highest BCUT2D eigenvalue weighted by Gasteiger charge is 2.22. The van der Waals surface area contributed by atoms with Crippen LogP contribution in [0.15, 0.2) is 28.7 Å². The lowest BCUT2D eigenvalue weighted by Crippen LogP contribution is -3.14. The minimum Gasteiger partial charge on any atom is -0.327 e. The molecule has 0 radical (unpaired) electrons. The molecule has 0 spiro atoms. The van der Waals surface area contributed by atoms with E-state index >= 15 is 0 Å². The molecule has 0 saturated carbocycles. The van der Waals surface area contributed by atoms with Crippen molar-refractivity contribution >= 4 is 27.5 Å². The van der Waals surface area contributed by atoms with Crippen molar-refractivity contribution in [2.75, 3.05) is 25.0 Å². The molecular formula is C14H20BrN2O+. The maximum Gasteiger partial charge on any atom is 0.279 e. The van der Waals surface area contributed by atoms with Gasteiger partial charge >= 0.3 is 0 Å². The molecule has 3 nitrogen and oxygen atoms in total. The van der Waals surface area contributed by atoms with E-state index in [0.29, 0.717) is 6.54 Å². The average Bonchev–Trinajstić information content (AvgIpc) is 2.32. The predicted molar refractivity (Wildman–Crippen MR) is 76.7 cm³/mol. The van der Waals surface area contributed by atoms with Gasteiger partial charge in [0.1, 0.15) is 0 Å². The number of benzene rings is 1. The van der Waals surface area contributed by atoms with Crippen LogP contribution in [0.3, 0.4) is 0 Å². The van der Waals surface area contributed by atoms with Gasteiger partial charge < -0.3 is 10.2 Å². The van der Waals surface area contributed by atoms with Crippen LogP contribution in [0.4, 0.5) is 5.69 Å². The highest BCUT2D eigenvalue weighted by Crippen LogP contribution is 2.20. The number of carbonyl (C=O) groups is 1. The minimum absolute atomic E-state index is 0.103. The van der Waals surface area contributed by atoms with Gasteiger partial charge in [-0.3, -0.25) is 4.79 Å². The van der Waals surface area contributed by atoms with Gasteiger partial charge in [-0.1, -0.05) is 19.1 Å². The Balaban J connectivity index is 1.87. The van der Waals surface area contributed by atoms with Crippen molar-refractivity contribution in [2.45, 2.75) is 19.8 Å². The van der Waals surface area contributed by atoms with Gasteiger partial charge in [-0.2, -0.15) is 0 Å². The average molecular weight is 312 g/mol. The van der Waals surface area contributed by atoms with Crippen molar-refractivity contribution in [1.29, 1.82) is 0 Å². The minimum atomic E-state index is 0.103. The Morgan fingerprint density at radius 3 is 3.00 bits per heavy atom. The van der Waals surface area contributed by atoms with Crippen LogP contribution in [0.5, 0.6) is 0 Å². The lowest BCUT2D eigenvalue weighted by Gasteiger charge is -2.27. The number of anilines is 1. The van der Waals surface area contributed by atoms with Crippen LogP contribution in [0.2, 0.25) is 0 Å². The van der Waals surface area contributed by atoms with Crippen LogP contribution in [0.1, 0.15) is 19.8 Å². The Morgan fingerprint density at radius 1 is 1.50 bits per heavy atom. The normalized spacial score (nSPS) is 23.7. The van der Waals surface area contributed by atoms with E-state index in [1.807, 2.05) is 24.3 Å². The maximum absolute atomic E-state index is 12.0. The summed E-state index contributed by atoms with van der Waals surface area (Å²) < 4.78 is 0.931. The molecule has 1 fully saturated rings. The van der Waals surface area contributed by atoms with E-state index in [-0.39, 0.29) is 5.91 Å². The van der Waals surface area contributed by atoms with Gasteiger partial charge in [0.2, 0.25) is 0 Å². The van der Waals surface area contributed by atoms with Crippen molar-refractivity contribution in [3.63, 3.8) is 0 Å². The predicted octanol–water partition coefficient (Wildman–Crippen LogP) is 1.70. The molecule has 1 heterocycles. The molecule has 1 unspecified atom stereocenters. The van der Waals surface area contributed by atoms with Crippen LogP contribution in [0, 0.1) is 5.92 Å². The summed E-state index contributed by atoms with van der Waals surface area (Å²) in [6.45, 7) is 5.08. The van der Waals surface area contributed by atoms with Gasteiger partial charge in [0, 0.05) is 10.4 Å². The third-order valence-electron chi connectivity index (χ3n) is 3.42. The van der Waals surface area contributed by atoms with Gasteiger partial charge in [0.25, 0.3) is 5.91 Å². The van der Waals surface area contributed by atoms with E-state index in [2.05, 4.69) is 28.2 Å². The Morgan fingerprint density at radius 2 is 2.28 bits per heavy atom. The van der Waals surface area contributed by atoms with Crippen LogP contribution in [-0.2, 0) is 4.79 Å². The van der Waals surface area contributed by atoms with Crippen molar-refractivity contribution in [3.05, 3.63) is 28.7 Å². The third kappa shape index (κ3) is 3.82. The molecule has 2 rings (SSSR count). The summed E-state index contributed by atoms with van der Waals surface area (Å²) in [6, 6.07) is 7.72. The van der Waals surface area contributed by atoms with E-state index < -0.39 is 0 Å². The number of likely N-dealkylation sites (tertiary alicyclic amines) is 1. The van der Waals surface area contributed by atoms with E-state index in [4.69, 9.17) is 0 Å². The second-order valence-electron chi connectivity index (χ2n) is 5.16. The standard InChI is InChI=1S/C14H19BrN2O/c1-11-5-4-8-17(9-11)10-14(18)16-13-7-3-2-6-12(13)15/h2-3,6-7,11H,4-5,8-10H2,1H3,(H,16,18)/p+1/t11-/m1/s1. The molecule has 2 atom stereocenters. The Bertz CT molecular complexity index is 422. The molecule has 18 heavy (non-hydrogen) atoms. The van der Waals surface area contributed by atoms with Crippen LogP contribution >= 0.6 is 15.9 Å². The van der Waals surface area contributed by atoms with E-state index in [1.165, 1.54) is 17.7 Å². The first-order valence-electron chi connectivity index (χ1n) is 6.53. The molecule has 4 heteroatoms. The number of piperidine rings is 1. The number of amides is 1. The van der Waals surface area contributed by atoms with Crippen molar-refractivity contribution in [1.82, 2.24) is 0 Å². The van der Waals surface area contributed by atoms with Crippen molar-refractivity contribution in [2.24, 2.45) is 5.92 Å². The maximum atomic E-state index is 12.0. The second-order valence-corrected chi connectivity index (χ2v) is 6.01. The van der Waals surface area contributed by atoms with Crippen molar-refractivity contribution < 1.29 is 9.69 Å². The first-order chi connectivity index (χ1) is 8.65. The summed E-state index contributed by atoms with van der Waals surface area (Å²) in [7, 11) is 0. The number of halogens is 1. The molecule has 0 aromatic heterocycles. The van der Waals surface area contributed by atoms with Crippen LogP contribution in [0.25, 0.3) is 0 Å². The fourth-order valence-electron chi connectivity index (χ4n) is 2.54. The Labute approximate surface area is 117 Å². The number of rotatable bonds is 3. The smallest absolute Gasteiger partial charge is 0.279 e. The Hall–Kier alpha value is -0.870. The molecule has 98 valence electrons. The molecule has 2 N–H and O–H groups in total. The fourth-order valence-corrected chi connectivity index (χ4v) is 2.93. The molecule has 1 saturated heterocycles. The molecule has 1 aromatic carbocycles. The van der Waals surface area contributed by atoms with E-state index in [1.54, 1.807) is 0 Å². The molecule has 0 bridgehead atoms. The van der Waals surface area contributed by atoms with Crippen molar-refractivity contribution in [3.8, 4) is 0 Å². The first-order valence-corrected chi connectivity index (χ1v) is 7.32. The number of para-hydroxylation sites is 1. The molecule has 1 aliphatic rings. The largest absolute Gasteiger partial charge is 0.327 e. The molecular weight excluding hydrogens is 292 g/mol. The zero-order valence-electron chi connectivity index (χ0n) is 10.7. The molecule has 1 amide bonds. The SMILES string of the molecule is C[C@@H]1CCC[NH+](CC(=O)Nc2ccccc2Br)C1. The summed E-state index contributed by atoms with van der Waals surface area (Å²) in [5, 5.41) is 2.97. The highest BCUT2D eigenvalue weighted by molar-refractivity contribution is 9.10. The van der Waals surface area contributed by atoms with E-state index in [9.17, 15) is 4.79 Å². The van der Waals surface area contributed by atoms with Crippen LogP contribution < -0.4 is 10.2 Å². The number of quaternary nitrogens is 1. The van der Waals surface area contributed by atoms with Gasteiger partial charge in [-0.15, -0.1) is 0 Å². The zero-order valence-corrected chi connectivity index (χ0v) is 12.3. The summed E-state index contributed by atoms with van der Waals surface area (Å²) in [5.74, 6) is 0.844.